The van der Waals surface area contributed by atoms with E-state index in [2.05, 4.69) is 6.58 Å². The molecule has 2 aliphatic heterocycles. The number of carbonyl (C=O) groups is 4. The number of rotatable bonds is 5. The van der Waals surface area contributed by atoms with Crippen molar-refractivity contribution in [2.24, 2.45) is 0 Å². The molecule has 0 bridgehead atoms. The number of nitrogens with zero attached hydrogens (tertiary/aromatic N) is 2. The first kappa shape index (κ1) is 18.3. The lowest BCUT2D eigenvalue weighted by Gasteiger charge is -2.49. The zero-order chi connectivity index (χ0) is 19.3. The van der Waals surface area contributed by atoms with Gasteiger partial charge in [-0.05, 0) is 35.3 Å². The summed E-state index contributed by atoms with van der Waals surface area (Å²) in [6, 6.07) is 3.14. The van der Waals surface area contributed by atoms with E-state index in [4.69, 9.17) is 10.7 Å². The summed E-state index contributed by atoms with van der Waals surface area (Å²) in [5.74, 6) is -3.62. The molecule has 3 amide bonds. The van der Waals surface area contributed by atoms with E-state index in [1.54, 1.807) is 12.1 Å². The number of aliphatic carboxylic acids is 1. The van der Waals surface area contributed by atoms with Gasteiger partial charge in [0.1, 0.15) is 10.0 Å². The number of hydrogen-bond donors (Lipinski definition) is 1. The Morgan fingerprint density at radius 2 is 1.73 bits per heavy atom. The number of amides is 3. The van der Waals surface area contributed by atoms with Crippen LogP contribution in [0.1, 0.15) is 27.6 Å². The molecule has 2 heterocycles. The van der Waals surface area contributed by atoms with Crippen LogP contribution in [-0.4, -0.2) is 60.3 Å². The van der Waals surface area contributed by atoms with E-state index >= 15 is 0 Å². The minimum Gasteiger partial charge on any atom is -0.479 e. The van der Waals surface area contributed by atoms with E-state index in [-0.39, 0.29) is 16.7 Å². The molecular formula is C16H13ClN2O6S. The summed E-state index contributed by atoms with van der Waals surface area (Å²) in [6.07, 6.45) is 0. The fraction of sp³-hybridized carbons (Fsp3) is 0.250. The minimum atomic E-state index is -2.22. The highest BCUT2D eigenvalue weighted by atomic mass is 35.7. The van der Waals surface area contributed by atoms with Crippen molar-refractivity contribution >= 4 is 44.4 Å². The van der Waals surface area contributed by atoms with Crippen molar-refractivity contribution in [2.75, 3.05) is 0 Å². The van der Waals surface area contributed by atoms with Crippen molar-refractivity contribution in [2.45, 2.75) is 24.4 Å². The summed E-state index contributed by atoms with van der Waals surface area (Å²) < 4.78 is 12.0. The monoisotopic (exact) mass is 396 g/mol. The summed E-state index contributed by atoms with van der Waals surface area (Å²) in [5, 5.41) is 8.01. The van der Waals surface area contributed by atoms with Crippen LogP contribution in [0.2, 0.25) is 0 Å². The van der Waals surface area contributed by atoms with Crippen molar-refractivity contribution in [3.05, 3.63) is 47.5 Å². The first-order valence-corrected chi connectivity index (χ1v) is 9.46. The standard InChI is InChI=1S/C16H13ClN2O6S/c1-7(2)10(16(23)24)19-14(22)11(15(19)26(17)25)18-12(20)8-5-3-4-6-9(8)13(18)21/h3-6,10-11,15H,1H2,2H3,(H,23,24)/t10-,11?,15?,26?/m1/s1. The van der Waals surface area contributed by atoms with E-state index in [0.29, 0.717) is 4.90 Å². The van der Waals surface area contributed by atoms with Gasteiger partial charge in [-0.1, -0.05) is 18.7 Å². The molecule has 3 rings (SSSR count). The average molecular weight is 397 g/mol. The number of β-lactam (4-membered cyclic amide) rings is 1. The Morgan fingerprint density at radius 1 is 1.23 bits per heavy atom. The van der Waals surface area contributed by atoms with Crippen molar-refractivity contribution in [1.29, 1.82) is 0 Å². The predicted octanol–water partition coefficient (Wildman–Crippen LogP) is 0.751. The van der Waals surface area contributed by atoms with Crippen LogP contribution >= 0.6 is 10.7 Å². The third-order valence-corrected chi connectivity index (χ3v) is 5.74. The van der Waals surface area contributed by atoms with Crippen molar-refractivity contribution in [3.63, 3.8) is 0 Å². The lowest BCUT2D eigenvalue weighted by molar-refractivity contribution is -0.161. The summed E-state index contributed by atoms with van der Waals surface area (Å²) in [5.41, 5.74) is 0.369. The van der Waals surface area contributed by atoms with Crippen molar-refractivity contribution < 1.29 is 28.5 Å². The zero-order valence-corrected chi connectivity index (χ0v) is 15.0. The number of imide groups is 1. The smallest absolute Gasteiger partial charge is 0.330 e. The molecule has 1 aromatic rings. The second kappa shape index (κ2) is 6.33. The van der Waals surface area contributed by atoms with E-state index < -0.39 is 51.2 Å². The Hall–Kier alpha value is -2.52. The second-order valence-electron chi connectivity index (χ2n) is 5.94. The van der Waals surface area contributed by atoms with Gasteiger partial charge in [-0.2, -0.15) is 0 Å². The molecule has 8 nitrogen and oxygen atoms in total. The number of benzene rings is 1. The number of likely N-dealkylation sites (tertiary alicyclic amines) is 1. The van der Waals surface area contributed by atoms with E-state index in [0.717, 1.165) is 4.90 Å². The molecular weight excluding hydrogens is 384 g/mol. The van der Waals surface area contributed by atoms with Crippen LogP contribution in [0.4, 0.5) is 0 Å². The highest BCUT2D eigenvalue weighted by Crippen LogP contribution is 2.37. The van der Waals surface area contributed by atoms with E-state index in [1.807, 2.05) is 0 Å². The Morgan fingerprint density at radius 3 is 2.12 bits per heavy atom. The maximum Gasteiger partial charge on any atom is 0.330 e. The maximum atomic E-state index is 12.6. The number of fused-ring (bicyclic) bond motifs is 1. The molecule has 0 spiro atoms. The molecule has 1 fully saturated rings. The quantitative estimate of drug-likeness (QED) is 0.340. The molecule has 26 heavy (non-hydrogen) atoms. The molecule has 1 aromatic carbocycles. The lowest BCUT2D eigenvalue weighted by Crippen LogP contribution is -2.75. The van der Waals surface area contributed by atoms with Gasteiger partial charge in [0.25, 0.3) is 17.7 Å². The number of hydrogen-bond acceptors (Lipinski definition) is 5. The Labute approximate surface area is 155 Å². The number of carbonyl (C=O) groups excluding carboxylic acids is 3. The molecule has 2 aliphatic rings. The maximum absolute atomic E-state index is 12.6. The highest BCUT2D eigenvalue weighted by Gasteiger charge is 2.61. The van der Waals surface area contributed by atoms with E-state index in [9.17, 15) is 28.5 Å². The number of carboxylic acid groups (broad SMARTS) is 1. The zero-order valence-electron chi connectivity index (χ0n) is 13.4. The molecule has 0 aliphatic carbocycles. The van der Waals surface area contributed by atoms with Gasteiger partial charge in [0.05, 0.1) is 11.1 Å². The third kappa shape index (κ3) is 2.46. The molecule has 0 radical (unpaired) electrons. The normalized spacial score (nSPS) is 24.2. The number of halogens is 1. The van der Waals surface area contributed by atoms with Gasteiger partial charge in [0.15, 0.2) is 17.5 Å². The predicted molar refractivity (Wildman–Crippen MR) is 91.6 cm³/mol. The van der Waals surface area contributed by atoms with Crippen LogP contribution in [0.3, 0.4) is 0 Å². The van der Waals surface area contributed by atoms with Gasteiger partial charge in [-0.25, -0.2) is 9.00 Å². The molecule has 0 aromatic heterocycles. The highest BCUT2D eigenvalue weighted by molar-refractivity contribution is 8.08. The molecule has 4 atom stereocenters. The summed E-state index contributed by atoms with van der Waals surface area (Å²) >= 11 is 0. The molecule has 1 saturated heterocycles. The van der Waals surface area contributed by atoms with Gasteiger partial charge < -0.3 is 10.0 Å². The van der Waals surface area contributed by atoms with Crippen LogP contribution < -0.4 is 0 Å². The summed E-state index contributed by atoms with van der Waals surface area (Å²) in [6.45, 7) is 4.93. The Balaban J connectivity index is 2.00. The third-order valence-electron chi connectivity index (χ3n) is 4.32. The average Bonchev–Trinajstić information content (AvgIpc) is 2.81. The largest absolute Gasteiger partial charge is 0.479 e. The number of carboxylic acids is 1. The van der Waals surface area contributed by atoms with Gasteiger partial charge in [-0.15, -0.1) is 0 Å². The molecule has 10 heteroatoms. The molecule has 0 saturated carbocycles. The van der Waals surface area contributed by atoms with Gasteiger partial charge in [0, 0.05) is 0 Å². The Bertz CT molecular complexity index is 851. The summed E-state index contributed by atoms with van der Waals surface area (Å²) in [7, 11) is 3.46. The van der Waals surface area contributed by atoms with Gasteiger partial charge >= 0.3 is 5.97 Å². The molecule has 136 valence electrons. The Kier molecular flexibility index (Phi) is 4.45. The SMILES string of the molecule is C=C(C)[C@H](C(=O)O)N1C(=O)C(N2C(=O)c3ccccc3C2=O)C1S(=O)Cl. The van der Waals surface area contributed by atoms with Crippen LogP contribution in [0.25, 0.3) is 0 Å². The first-order valence-electron chi connectivity index (χ1n) is 7.42. The van der Waals surface area contributed by atoms with Crippen molar-refractivity contribution in [1.82, 2.24) is 9.80 Å². The molecule has 1 N–H and O–H groups in total. The second-order valence-corrected chi connectivity index (χ2v) is 7.83. The van der Waals surface area contributed by atoms with E-state index in [1.165, 1.54) is 19.1 Å². The van der Waals surface area contributed by atoms with Crippen LogP contribution in [0.15, 0.2) is 36.4 Å². The van der Waals surface area contributed by atoms with Crippen molar-refractivity contribution in [3.8, 4) is 0 Å². The topological polar surface area (TPSA) is 112 Å². The lowest BCUT2D eigenvalue weighted by atomic mass is 9.98. The van der Waals surface area contributed by atoms with Crippen LogP contribution in [0.5, 0.6) is 0 Å². The first-order chi connectivity index (χ1) is 12.2. The van der Waals surface area contributed by atoms with Gasteiger partial charge in [0.2, 0.25) is 0 Å². The molecule has 3 unspecified atom stereocenters. The fourth-order valence-electron chi connectivity index (χ4n) is 3.20. The minimum absolute atomic E-state index is 0.123. The van der Waals surface area contributed by atoms with Gasteiger partial charge in [-0.3, -0.25) is 19.3 Å². The summed E-state index contributed by atoms with van der Waals surface area (Å²) in [4.78, 5) is 50.7. The fourth-order valence-corrected chi connectivity index (χ4v) is 4.60. The van der Waals surface area contributed by atoms with Crippen LogP contribution in [0, 0.1) is 0 Å². The van der Waals surface area contributed by atoms with Crippen LogP contribution in [-0.2, 0) is 19.6 Å².